The van der Waals surface area contributed by atoms with E-state index in [1.807, 2.05) is 41.3 Å². The van der Waals surface area contributed by atoms with Gasteiger partial charge in [-0.3, -0.25) is 4.79 Å². The van der Waals surface area contributed by atoms with Gasteiger partial charge < -0.3 is 8.98 Å². The first-order valence-corrected chi connectivity index (χ1v) is 9.90. The van der Waals surface area contributed by atoms with E-state index in [1.165, 1.54) is 0 Å². The van der Waals surface area contributed by atoms with Crippen LogP contribution in [0.25, 0.3) is 33.5 Å². The minimum atomic E-state index is -0.229. The Hall–Kier alpha value is -4.20. The molecule has 3 aromatic heterocycles. The highest BCUT2D eigenvalue weighted by Gasteiger charge is 2.32. The fourth-order valence-electron chi connectivity index (χ4n) is 3.75. The number of rotatable bonds is 2. The van der Waals surface area contributed by atoms with Crippen LogP contribution in [0.3, 0.4) is 0 Å². The molecule has 1 aliphatic carbocycles. The number of furan rings is 1. The zero-order valence-electron chi connectivity index (χ0n) is 15.7. The van der Waals surface area contributed by atoms with E-state index < -0.39 is 0 Å². The minimum Gasteiger partial charge on any atom is -0.455 e. The summed E-state index contributed by atoms with van der Waals surface area (Å²) in [6.07, 6.45) is 3.36. The van der Waals surface area contributed by atoms with Crippen molar-refractivity contribution in [2.75, 3.05) is 0 Å². The molecular formula is C23H12N4O2S. The normalized spacial score (nSPS) is 14.2. The molecule has 0 spiro atoms. The van der Waals surface area contributed by atoms with Crippen LogP contribution in [0.15, 0.2) is 63.5 Å². The average Bonchev–Trinajstić information content (AvgIpc) is 3.52. The fourth-order valence-corrected chi connectivity index (χ4v) is 4.44. The van der Waals surface area contributed by atoms with Crippen molar-refractivity contribution in [1.82, 2.24) is 9.55 Å². The molecule has 1 aliphatic rings. The Labute approximate surface area is 175 Å². The van der Waals surface area contributed by atoms with Gasteiger partial charge in [0, 0.05) is 47.5 Å². The number of hydrogen-bond donors (Lipinski definition) is 0. The van der Waals surface area contributed by atoms with Gasteiger partial charge in [-0.2, -0.15) is 10.5 Å². The lowest BCUT2D eigenvalue weighted by Gasteiger charge is -2.01. The number of nitrogens with zero attached hydrogens (tertiary/aromatic N) is 4. The summed E-state index contributed by atoms with van der Waals surface area (Å²) in [5, 5.41) is 21.6. The van der Waals surface area contributed by atoms with Crippen LogP contribution in [0.4, 0.5) is 0 Å². The molecule has 0 atom stereocenters. The van der Waals surface area contributed by atoms with Gasteiger partial charge in [-0.25, -0.2) is 4.98 Å². The summed E-state index contributed by atoms with van der Waals surface area (Å²) in [6.45, 7) is 0. The van der Waals surface area contributed by atoms with E-state index in [0.717, 1.165) is 16.2 Å². The molecule has 0 unspecified atom stereocenters. The molecule has 4 aromatic rings. The molecule has 7 heteroatoms. The molecule has 30 heavy (non-hydrogen) atoms. The lowest BCUT2D eigenvalue weighted by molar-refractivity contribution is 0.104. The van der Waals surface area contributed by atoms with Gasteiger partial charge in [0.25, 0.3) is 0 Å². The molecular weight excluding hydrogens is 396 g/mol. The Morgan fingerprint density at radius 1 is 1.20 bits per heavy atom. The third kappa shape index (κ3) is 2.54. The minimum absolute atomic E-state index is 0.0956. The molecule has 6 nitrogen and oxygen atoms in total. The highest BCUT2D eigenvalue weighted by molar-refractivity contribution is 7.13. The van der Waals surface area contributed by atoms with E-state index in [-0.39, 0.29) is 16.9 Å². The average molecular weight is 408 g/mol. The zero-order valence-corrected chi connectivity index (χ0v) is 16.5. The van der Waals surface area contributed by atoms with E-state index in [2.05, 4.69) is 4.98 Å². The van der Waals surface area contributed by atoms with Crippen molar-refractivity contribution in [3.63, 3.8) is 0 Å². The van der Waals surface area contributed by atoms with Gasteiger partial charge in [0.15, 0.2) is 11.4 Å². The summed E-state index contributed by atoms with van der Waals surface area (Å²) in [5.41, 5.74) is 4.09. The lowest BCUT2D eigenvalue weighted by atomic mass is 9.99. The Bertz CT molecular complexity index is 1470. The van der Waals surface area contributed by atoms with Gasteiger partial charge in [0.2, 0.25) is 0 Å². The van der Waals surface area contributed by atoms with Gasteiger partial charge in [-0.05, 0) is 11.6 Å². The van der Waals surface area contributed by atoms with Gasteiger partial charge in [-0.1, -0.05) is 24.3 Å². The highest BCUT2D eigenvalue weighted by atomic mass is 32.1. The first-order valence-electron chi connectivity index (χ1n) is 9.02. The summed E-state index contributed by atoms with van der Waals surface area (Å²) in [6, 6.07) is 14.6. The molecule has 0 fully saturated rings. The summed E-state index contributed by atoms with van der Waals surface area (Å²) >= 11 is 1.54. The maximum Gasteiger partial charge on any atom is 0.194 e. The van der Waals surface area contributed by atoms with Crippen molar-refractivity contribution in [2.45, 2.75) is 0 Å². The van der Waals surface area contributed by atoms with Crippen LogP contribution in [-0.2, 0) is 7.05 Å². The van der Waals surface area contributed by atoms with Gasteiger partial charge >= 0.3 is 0 Å². The molecule has 0 aliphatic heterocycles. The van der Waals surface area contributed by atoms with Crippen molar-refractivity contribution in [1.29, 1.82) is 10.5 Å². The number of carbonyl (C=O) groups excluding carboxylic acids is 1. The zero-order chi connectivity index (χ0) is 20.8. The number of allylic oxidation sites excluding steroid dienone is 3. The maximum atomic E-state index is 13.0. The Morgan fingerprint density at radius 3 is 2.63 bits per heavy atom. The summed E-state index contributed by atoms with van der Waals surface area (Å²) in [4.78, 5) is 17.3. The predicted molar refractivity (Wildman–Crippen MR) is 113 cm³/mol. The molecule has 5 rings (SSSR count). The molecule has 0 amide bonds. The van der Waals surface area contributed by atoms with E-state index in [1.54, 1.807) is 47.9 Å². The van der Waals surface area contributed by atoms with E-state index in [9.17, 15) is 15.3 Å². The largest absolute Gasteiger partial charge is 0.455 e. The third-order valence-electron chi connectivity index (χ3n) is 5.12. The number of nitriles is 2. The van der Waals surface area contributed by atoms with Crippen LogP contribution in [0, 0.1) is 22.7 Å². The van der Waals surface area contributed by atoms with E-state index >= 15 is 0 Å². The number of aryl methyl sites for hydroxylation is 1. The van der Waals surface area contributed by atoms with Crippen molar-refractivity contribution >= 4 is 39.9 Å². The topological polar surface area (TPSA) is 95.6 Å². The molecule has 1 aromatic carbocycles. The Morgan fingerprint density at radius 2 is 1.97 bits per heavy atom. The molecule has 142 valence electrons. The van der Waals surface area contributed by atoms with Gasteiger partial charge in [0.1, 0.15) is 28.5 Å². The fraction of sp³-hybridized carbons (Fsp3) is 0.0435. The van der Waals surface area contributed by atoms with E-state index in [4.69, 9.17) is 4.42 Å². The number of fused-ring (bicyclic) bond motifs is 2. The molecule has 0 saturated carbocycles. The van der Waals surface area contributed by atoms with Crippen molar-refractivity contribution in [3.05, 3.63) is 76.0 Å². The van der Waals surface area contributed by atoms with Crippen molar-refractivity contribution in [3.8, 4) is 22.8 Å². The summed E-state index contributed by atoms with van der Waals surface area (Å²) < 4.78 is 7.95. The van der Waals surface area contributed by atoms with Crippen LogP contribution >= 0.6 is 11.3 Å². The van der Waals surface area contributed by atoms with Crippen molar-refractivity contribution in [2.24, 2.45) is 7.05 Å². The standard InChI is InChI=1S/C23H12N4O2S/c1-27-18-9-14(29-20(18)10-19(27)23-26-6-7-30-23)8-17-21(13(11-24)12-25)15-4-2-3-5-16(15)22(17)28/h2-10H,1H3/b17-8-. The molecule has 0 N–H and O–H groups in total. The molecule has 3 heterocycles. The Kier molecular flexibility index (Phi) is 3.99. The quantitative estimate of drug-likeness (QED) is 0.344. The smallest absolute Gasteiger partial charge is 0.194 e. The number of carbonyl (C=O) groups is 1. The molecule has 0 bridgehead atoms. The first-order chi connectivity index (χ1) is 14.6. The highest BCUT2D eigenvalue weighted by Crippen LogP contribution is 2.40. The third-order valence-corrected chi connectivity index (χ3v) is 5.91. The van der Waals surface area contributed by atoms with Gasteiger partial charge in [0.05, 0.1) is 11.2 Å². The monoisotopic (exact) mass is 408 g/mol. The van der Waals surface area contributed by atoms with E-state index in [0.29, 0.717) is 28.0 Å². The summed E-state index contributed by atoms with van der Waals surface area (Å²) in [5.74, 6) is 0.248. The second kappa shape index (κ2) is 6.70. The second-order valence-corrected chi connectivity index (χ2v) is 7.63. The number of hydrogen-bond acceptors (Lipinski definition) is 6. The number of ketones is 1. The Balaban J connectivity index is 1.66. The number of Topliss-reactive ketones (excluding diaryl/α,β-unsaturated/α-hetero) is 1. The van der Waals surface area contributed by atoms with Crippen LogP contribution < -0.4 is 0 Å². The van der Waals surface area contributed by atoms with Gasteiger partial charge in [-0.15, -0.1) is 11.3 Å². The second-order valence-electron chi connectivity index (χ2n) is 6.73. The summed E-state index contributed by atoms with van der Waals surface area (Å²) in [7, 11) is 1.93. The first kappa shape index (κ1) is 17.9. The number of aromatic nitrogens is 2. The number of thiazole rings is 1. The van der Waals surface area contributed by atoms with Crippen LogP contribution in [-0.4, -0.2) is 15.3 Å². The molecule has 0 saturated heterocycles. The van der Waals surface area contributed by atoms with Crippen LogP contribution in [0.2, 0.25) is 0 Å². The number of benzene rings is 1. The van der Waals surface area contributed by atoms with Crippen LogP contribution in [0.5, 0.6) is 0 Å². The maximum absolute atomic E-state index is 13.0. The lowest BCUT2D eigenvalue weighted by Crippen LogP contribution is -1.95. The van der Waals surface area contributed by atoms with Crippen LogP contribution in [0.1, 0.15) is 21.7 Å². The predicted octanol–water partition coefficient (Wildman–Crippen LogP) is 4.98. The molecule has 0 radical (unpaired) electrons. The SMILES string of the molecule is Cn1c(-c2nccs2)cc2oc(/C=C3\C(=O)c4ccccc4C3=C(C#N)C#N)cc21. The van der Waals surface area contributed by atoms with Crippen molar-refractivity contribution < 1.29 is 9.21 Å².